The van der Waals surface area contributed by atoms with Crippen molar-refractivity contribution in [3.05, 3.63) is 46.5 Å². The smallest absolute Gasteiger partial charge is 0.231 e. The number of methoxy groups -OCH3 is 1. The zero-order valence-electron chi connectivity index (χ0n) is 16.7. The molecule has 3 aliphatic heterocycles. The Morgan fingerprint density at radius 1 is 1.21 bits per heavy atom. The van der Waals surface area contributed by atoms with Gasteiger partial charge in [0.15, 0.2) is 23.0 Å². The van der Waals surface area contributed by atoms with E-state index in [2.05, 4.69) is 36.1 Å². The zero-order valence-corrected chi connectivity index (χ0v) is 16.7. The lowest BCUT2D eigenvalue weighted by Gasteiger charge is -2.42. The van der Waals surface area contributed by atoms with E-state index < -0.39 is 6.67 Å². The summed E-state index contributed by atoms with van der Waals surface area (Å²) in [6, 6.07) is 8.30. The molecule has 6 heteroatoms. The van der Waals surface area contributed by atoms with Crippen LogP contribution in [0.4, 0.5) is 4.39 Å². The molecule has 0 aromatic heterocycles. The Kier molecular flexibility index (Phi) is 4.49. The monoisotopic (exact) mass is 397 g/mol. The topological polar surface area (TPSA) is 40.2 Å². The lowest BCUT2D eigenvalue weighted by atomic mass is 9.86. The van der Waals surface area contributed by atoms with Gasteiger partial charge in [0.1, 0.15) is 0 Å². The summed E-state index contributed by atoms with van der Waals surface area (Å²) in [6.45, 7) is 3.31. The number of nitrogens with zero attached hydrogens (tertiary/aromatic N) is 1. The summed E-state index contributed by atoms with van der Waals surface area (Å²) in [5, 5.41) is 0. The summed E-state index contributed by atoms with van der Waals surface area (Å²) < 4.78 is 35.3. The van der Waals surface area contributed by atoms with E-state index in [1.165, 1.54) is 16.8 Å². The van der Waals surface area contributed by atoms with Crippen LogP contribution >= 0.6 is 0 Å². The first-order valence-corrected chi connectivity index (χ1v) is 10.0. The minimum Gasteiger partial charge on any atom is -0.493 e. The van der Waals surface area contributed by atoms with Crippen molar-refractivity contribution in [2.24, 2.45) is 0 Å². The van der Waals surface area contributed by atoms with Crippen LogP contribution in [-0.2, 0) is 6.42 Å². The van der Waals surface area contributed by atoms with Gasteiger partial charge in [-0.1, -0.05) is 6.07 Å². The van der Waals surface area contributed by atoms with Gasteiger partial charge >= 0.3 is 0 Å². The largest absolute Gasteiger partial charge is 0.493 e. The zero-order chi connectivity index (χ0) is 20.0. The van der Waals surface area contributed by atoms with Crippen LogP contribution in [0, 0.1) is 0 Å². The number of hydrogen-bond acceptors (Lipinski definition) is 5. The number of ether oxygens (including phenoxy) is 4. The highest BCUT2D eigenvalue weighted by Crippen LogP contribution is 2.49. The lowest BCUT2D eigenvalue weighted by molar-refractivity contribution is 0.174. The van der Waals surface area contributed by atoms with Crippen molar-refractivity contribution in [3.8, 4) is 23.0 Å². The van der Waals surface area contributed by atoms with Crippen molar-refractivity contribution >= 4 is 11.8 Å². The molecule has 0 amide bonds. The number of halogens is 1. The van der Waals surface area contributed by atoms with Gasteiger partial charge in [0.25, 0.3) is 0 Å². The molecule has 0 saturated carbocycles. The van der Waals surface area contributed by atoms with Crippen LogP contribution in [0.25, 0.3) is 11.8 Å². The normalized spacial score (nSPS) is 18.5. The van der Waals surface area contributed by atoms with Crippen LogP contribution in [0.3, 0.4) is 0 Å². The molecule has 0 radical (unpaired) electrons. The van der Waals surface area contributed by atoms with E-state index in [0.717, 1.165) is 41.3 Å². The van der Waals surface area contributed by atoms with Crippen molar-refractivity contribution in [2.45, 2.75) is 25.8 Å². The Morgan fingerprint density at radius 3 is 2.83 bits per heavy atom. The molecule has 152 valence electrons. The summed E-state index contributed by atoms with van der Waals surface area (Å²) in [4.78, 5) is 2.40. The van der Waals surface area contributed by atoms with Gasteiger partial charge in [-0.05, 0) is 48.7 Å². The summed E-state index contributed by atoms with van der Waals surface area (Å²) >= 11 is 0. The van der Waals surface area contributed by atoms with E-state index >= 15 is 0 Å². The van der Waals surface area contributed by atoms with Gasteiger partial charge in [0.05, 0.1) is 26.4 Å². The molecule has 0 bridgehead atoms. The van der Waals surface area contributed by atoms with Gasteiger partial charge in [-0.2, -0.15) is 0 Å². The van der Waals surface area contributed by atoms with Crippen LogP contribution in [0.5, 0.6) is 23.0 Å². The number of rotatable bonds is 5. The molecule has 0 unspecified atom stereocenters. The fourth-order valence-corrected chi connectivity index (χ4v) is 4.50. The van der Waals surface area contributed by atoms with Gasteiger partial charge in [0.2, 0.25) is 6.79 Å². The molecular formula is C23H24FNO4. The second-order valence-electron chi connectivity index (χ2n) is 7.50. The van der Waals surface area contributed by atoms with E-state index in [1.807, 2.05) is 6.07 Å². The maximum atomic E-state index is 12.6. The standard InChI is InChI=1S/C23H24FNO4/c1-14-22-16(4-5-19(26-2)23(22)27-9-3-7-24)10-18-17-12-21-20(28-13-29-21)11-15(17)6-8-25(14)18/h4-5,10-12,14H,3,6-9,13H2,1-2H3/t14-/m0/s1. The highest BCUT2D eigenvalue weighted by molar-refractivity contribution is 5.88. The quantitative estimate of drug-likeness (QED) is 0.690. The number of benzene rings is 2. The maximum Gasteiger partial charge on any atom is 0.231 e. The van der Waals surface area contributed by atoms with E-state index in [0.29, 0.717) is 18.8 Å². The number of fused-ring (bicyclic) bond motifs is 5. The molecule has 3 heterocycles. The average Bonchev–Trinajstić information content (AvgIpc) is 3.20. The van der Waals surface area contributed by atoms with Crippen LogP contribution in [-0.4, -0.2) is 38.6 Å². The van der Waals surface area contributed by atoms with Crippen molar-refractivity contribution < 1.29 is 23.3 Å². The number of alkyl halides is 1. The third-order valence-electron chi connectivity index (χ3n) is 5.92. The minimum absolute atomic E-state index is 0.110. The molecule has 2 aromatic rings. The third-order valence-corrected chi connectivity index (χ3v) is 5.92. The molecule has 2 aromatic carbocycles. The maximum absolute atomic E-state index is 12.6. The SMILES string of the molecule is COc1ccc2c(c1OCCCF)[C@H](C)N1CCc3cc4c(cc3C1=C2)OCO4. The summed E-state index contributed by atoms with van der Waals surface area (Å²) in [5.41, 5.74) is 5.85. The van der Waals surface area contributed by atoms with Crippen LogP contribution in [0.15, 0.2) is 24.3 Å². The molecule has 0 saturated heterocycles. The first-order chi connectivity index (χ1) is 14.2. The fourth-order valence-electron chi connectivity index (χ4n) is 4.50. The molecule has 0 aliphatic carbocycles. The first kappa shape index (κ1) is 18.2. The van der Waals surface area contributed by atoms with Gasteiger partial charge in [0, 0.05) is 29.8 Å². The van der Waals surface area contributed by atoms with E-state index in [1.54, 1.807) is 7.11 Å². The highest BCUT2D eigenvalue weighted by Gasteiger charge is 2.34. The fraction of sp³-hybridized carbons (Fsp3) is 0.391. The summed E-state index contributed by atoms with van der Waals surface area (Å²) in [7, 11) is 1.64. The van der Waals surface area contributed by atoms with Crippen molar-refractivity contribution in [1.29, 1.82) is 0 Å². The predicted molar refractivity (Wildman–Crippen MR) is 108 cm³/mol. The Morgan fingerprint density at radius 2 is 2.03 bits per heavy atom. The van der Waals surface area contributed by atoms with E-state index in [9.17, 15) is 4.39 Å². The molecule has 1 atom stereocenters. The van der Waals surface area contributed by atoms with Crippen molar-refractivity contribution in [2.75, 3.05) is 33.7 Å². The third kappa shape index (κ3) is 2.89. The molecule has 0 fully saturated rings. The first-order valence-electron chi connectivity index (χ1n) is 10.0. The minimum atomic E-state index is -0.393. The molecule has 5 rings (SSSR count). The molecule has 0 spiro atoms. The molecule has 3 aliphatic rings. The number of hydrogen-bond donors (Lipinski definition) is 0. The molecule has 29 heavy (non-hydrogen) atoms. The summed E-state index contributed by atoms with van der Waals surface area (Å²) in [5.74, 6) is 3.04. The van der Waals surface area contributed by atoms with Crippen LogP contribution < -0.4 is 18.9 Å². The van der Waals surface area contributed by atoms with Gasteiger partial charge in [-0.15, -0.1) is 0 Å². The second-order valence-corrected chi connectivity index (χ2v) is 7.50. The Bertz CT molecular complexity index is 987. The molecule has 0 N–H and O–H groups in total. The van der Waals surface area contributed by atoms with Crippen LogP contribution in [0.2, 0.25) is 0 Å². The Hall–Kier alpha value is -2.89. The van der Waals surface area contributed by atoms with Crippen molar-refractivity contribution in [3.63, 3.8) is 0 Å². The predicted octanol–water partition coefficient (Wildman–Crippen LogP) is 4.59. The van der Waals surface area contributed by atoms with Gasteiger partial charge < -0.3 is 23.8 Å². The van der Waals surface area contributed by atoms with E-state index in [4.69, 9.17) is 18.9 Å². The van der Waals surface area contributed by atoms with Gasteiger partial charge in [-0.3, -0.25) is 4.39 Å². The molecule has 5 nitrogen and oxygen atoms in total. The highest BCUT2D eigenvalue weighted by atomic mass is 19.1. The summed E-state index contributed by atoms with van der Waals surface area (Å²) in [6.07, 6.45) is 3.51. The van der Waals surface area contributed by atoms with Crippen LogP contribution in [0.1, 0.15) is 41.6 Å². The second kappa shape index (κ2) is 7.17. The lowest BCUT2D eigenvalue weighted by Crippen LogP contribution is -2.34. The molecular weight excluding hydrogens is 373 g/mol. The van der Waals surface area contributed by atoms with Crippen molar-refractivity contribution in [1.82, 2.24) is 4.90 Å². The Balaban J connectivity index is 1.61. The Labute approximate surface area is 169 Å². The van der Waals surface area contributed by atoms with E-state index in [-0.39, 0.29) is 12.8 Å². The average molecular weight is 397 g/mol. The van der Waals surface area contributed by atoms with Gasteiger partial charge in [-0.25, -0.2) is 0 Å².